The van der Waals surface area contributed by atoms with Crippen LogP contribution in [0.15, 0.2) is 28.7 Å². The van der Waals surface area contributed by atoms with Gasteiger partial charge in [-0.25, -0.2) is 0 Å². The Balaban J connectivity index is 3.10. The van der Waals surface area contributed by atoms with Crippen LogP contribution in [-0.2, 0) is 0 Å². The van der Waals surface area contributed by atoms with Crippen molar-refractivity contribution in [1.82, 2.24) is 0 Å². The van der Waals surface area contributed by atoms with Crippen LogP contribution in [0.4, 0.5) is 5.69 Å². The van der Waals surface area contributed by atoms with E-state index in [0.717, 1.165) is 5.56 Å². The maximum absolute atomic E-state index is 10.6. The van der Waals surface area contributed by atoms with E-state index in [4.69, 9.17) is 5.73 Å². The Bertz CT molecular complexity index is 402. The van der Waals surface area contributed by atoms with Gasteiger partial charge in [-0.2, -0.15) is 0 Å². The molecule has 0 radical (unpaired) electrons. The van der Waals surface area contributed by atoms with Crippen molar-refractivity contribution in [3.05, 3.63) is 44.4 Å². The number of hydrogen-bond donors (Lipinski definition) is 1. The third-order valence-corrected chi connectivity index (χ3v) is 2.65. The number of nitrogens with zero attached hydrogens (tertiary/aromatic N) is 1. The highest BCUT2D eigenvalue weighted by Gasteiger charge is 2.12. The average Bonchev–Trinajstić information content (AvgIpc) is 2.15. The number of rotatable bonds is 3. The van der Waals surface area contributed by atoms with Crippen molar-refractivity contribution >= 4 is 27.7 Å². The second-order valence-electron chi connectivity index (χ2n) is 3.16. The second kappa shape index (κ2) is 5.04. The summed E-state index contributed by atoms with van der Waals surface area (Å²) in [7, 11) is 0. The van der Waals surface area contributed by atoms with Gasteiger partial charge in [-0.05, 0) is 28.4 Å². The molecule has 0 amide bonds. The van der Waals surface area contributed by atoms with Gasteiger partial charge < -0.3 is 5.73 Å². The fourth-order valence-corrected chi connectivity index (χ4v) is 1.60. The van der Waals surface area contributed by atoms with E-state index in [0.29, 0.717) is 4.47 Å². The summed E-state index contributed by atoms with van der Waals surface area (Å²) in [5.41, 5.74) is 6.36. The van der Waals surface area contributed by atoms with Crippen molar-refractivity contribution in [2.24, 2.45) is 5.73 Å². The lowest BCUT2D eigenvalue weighted by molar-refractivity contribution is -0.385. The van der Waals surface area contributed by atoms with Gasteiger partial charge in [0.25, 0.3) is 5.69 Å². The number of halogens is 1. The molecule has 0 heterocycles. The molecule has 0 bridgehead atoms. The molecule has 0 saturated carbocycles. The highest BCUT2D eigenvalue weighted by molar-refractivity contribution is 9.10. The topological polar surface area (TPSA) is 69.2 Å². The minimum absolute atomic E-state index is 0.0572. The van der Waals surface area contributed by atoms with Crippen LogP contribution in [0.25, 0.3) is 6.08 Å². The average molecular weight is 271 g/mol. The number of hydrogen-bond acceptors (Lipinski definition) is 3. The van der Waals surface area contributed by atoms with Gasteiger partial charge in [0.15, 0.2) is 0 Å². The summed E-state index contributed by atoms with van der Waals surface area (Å²) in [4.78, 5) is 10.2. The number of nitro groups is 1. The Morgan fingerprint density at radius 2 is 2.27 bits per heavy atom. The molecule has 1 aromatic rings. The molecule has 0 spiro atoms. The van der Waals surface area contributed by atoms with Gasteiger partial charge >= 0.3 is 0 Å². The first-order valence-electron chi connectivity index (χ1n) is 4.39. The molecule has 0 saturated heterocycles. The standard InChI is InChI=1S/C10H11BrN2O2/c1-7(12)5-6-8-3-2-4-9(10(8)11)13(14)15/h2-7H,12H2,1H3/b6-5+. The van der Waals surface area contributed by atoms with Gasteiger partial charge in [-0.15, -0.1) is 0 Å². The summed E-state index contributed by atoms with van der Waals surface area (Å²) >= 11 is 3.20. The van der Waals surface area contributed by atoms with E-state index >= 15 is 0 Å². The highest BCUT2D eigenvalue weighted by Crippen LogP contribution is 2.28. The molecule has 0 aliphatic heterocycles. The lowest BCUT2D eigenvalue weighted by Gasteiger charge is -2.00. The van der Waals surface area contributed by atoms with Crippen molar-refractivity contribution in [2.75, 3.05) is 0 Å². The van der Waals surface area contributed by atoms with E-state index in [-0.39, 0.29) is 11.7 Å². The molecule has 5 heteroatoms. The molecule has 0 fully saturated rings. The highest BCUT2D eigenvalue weighted by atomic mass is 79.9. The summed E-state index contributed by atoms with van der Waals surface area (Å²) in [5.74, 6) is 0. The Hall–Kier alpha value is -1.20. The first kappa shape index (κ1) is 11.9. The van der Waals surface area contributed by atoms with Crippen LogP contribution in [0.3, 0.4) is 0 Å². The van der Waals surface area contributed by atoms with E-state index in [1.807, 2.05) is 6.92 Å². The van der Waals surface area contributed by atoms with Crippen LogP contribution in [0.5, 0.6) is 0 Å². The Morgan fingerprint density at radius 3 is 2.80 bits per heavy atom. The van der Waals surface area contributed by atoms with E-state index in [1.165, 1.54) is 6.07 Å². The maximum atomic E-state index is 10.6. The summed E-state index contributed by atoms with van der Waals surface area (Å²) in [6.07, 6.45) is 3.55. The van der Waals surface area contributed by atoms with Gasteiger partial charge in [-0.1, -0.05) is 24.3 Å². The van der Waals surface area contributed by atoms with Crippen LogP contribution >= 0.6 is 15.9 Å². The zero-order chi connectivity index (χ0) is 11.4. The molecule has 1 atom stereocenters. The zero-order valence-electron chi connectivity index (χ0n) is 8.18. The first-order valence-corrected chi connectivity index (χ1v) is 5.18. The van der Waals surface area contributed by atoms with Crippen LogP contribution in [0, 0.1) is 10.1 Å². The maximum Gasteiger partial charge on any atom is 0.284 e. The van der Waals surface area contributed by atoms with Gasteiger partial charge in [0.2, 0.25) is 0 Å². The van der Waals surface area contributed by atoms with Crippen LogP contribution in [0.2, 0.25) is 0 Å². The lowest BCUT2D eigenvalue weighted by atomic mass is 10.1. The zero-order valence-corrected chi connectivity index (χ0v) is 9.77. The molecule has 0 aromatic heterocycles. The van der Waals surface area contributed by atoms with E-state index < -0.39 is 4.92 Å². The number of nitro benzene ring substituents is 1. The molecular formula is C10H11BrN2O2. The van der Waals surface area contributed by atoms with Crippen LogP contribution in [0.1, 0.15) is 12.5 Å². The quantitative estimate of drug-likeness (QED) is 0.678. The SMILES string of the molecule is CC(N)/C=C/c1cccc([N+](=O)[O-])c1Br. The molecular weight excluding hydrogens is 260 g/mol. The van der Waals surface area contributed by atoms with Gasteiger partial charge in [0.05, 0.1) is 4.92 Å². The van der Waals surface area contributed by atoms with Gasteiger partial charge in [0.1, 0.15) is 4.47 Å². The molecule has 1 aromatic carbocycles. The largest absolute Gasteiger partial charge is 0.325 e. The minimum Gasteiger partial charge on any atom is -0.325 e. The first-order chi connectivity index (χ1) is 7.02. The molecule has 80 valence electrons. The minimum atomic E-state index is -0.423. The smallest absolute Gasteiger partial charge is 0.284 e. The Morgan fingerprint density at radius 1 is 1.60 bits per heavy atom. The molecule has 1 unspecified atom stereocenters. The van der Waals surface area contributed by atoms with Crippen LogP contribution < -0.4 is 5.73 Å². The van der Waals surface area contributed by atoms with Crippen molar-refractivity contribution in [3.8, 4) is 0 Å². The summed E-state index contributed by atoms with van der Waals surface area (Å²) < 4.78 is 0.479. The molecule has 2 N–H and O–H groups in total. The number of benzene rings is 1. The normalized spacial score (nSPS) is 13.0. The van der Waals surface area contributed by atoms with Crippen molar-refractivity contribution < 1.29 is 4.92 Å². The van der Waals surface area contributed by atoms with Crippen LogP contribution in [-0.4, -0.2) is 11.0 Å². The van der Waals surface area contributed by atoms with E-state index in [2.05, 4.69) is 15.9 Å². The number of nitrogens with two attached hydrogens (primary N) is 1. The lowest BCUT2D eigenvalue weighted by Crippen LogP contribution is -2.09. The third-order valence-electron chi connectivity index (χ3n) is 1.78. The third kappa shape index (κ3) is 3.14. The molecule has 4 nitrogen and oxygen atoms in total. The van der Waals surface area contributed by atoms with E-state index in [9.17, 15) is 10.1 Å². The summed E-state index contributed by atoms with van der Waals surface area (Å²) in [6.45, 7) is 1.84. The summed E-state index contributed by atoms with van der Waals surface area (Å²) in [6, 6.07) is 4.81. The van der Waals surface area contributed by atoms with Crippen molar-refractivity contribution in [3.63, 3.8) is 0 Å². The molecule has 1 rings (SSSR count). The second-order valence-corrected chi connectivity index (χ2v) is 3.95. The van der Waals surface area contributed by atoms with E-state index in [1.54, 1.807) is 24.3 Å². The van der Waals surface area contributed by atoms with Crippen molar-refractivity contribution in [2.45, 2.75) is 13.0 Å². The predicted molar refractivity (Wildman–Crippen MR) is 63.5 cm³/mol. The Kier molecular flexibility index (Phi) is 3.99. The van der Waals surface area contributed by atoms with Crippen molar-refractivity contribution in [1.29, 1.82) is 0 Å². The monoisotopic (exact) mass is 270 g/mol. The fraction of sp³-hybridized carbons (Fsp3) is 0.200. The Labute approximate surface area is 96.1 Å². The molecule has 15 heavy (non-hydrogen) atoms. The molecule has 0 aliphatic rings. The van der Waals surface area contributed by atoms with Gasteiger partial charge in [0, 0.05) is 12.1 Å². The summed E-state index contributed by atoms with van der Waals surface area (Å²) in [5, 5.41) is 10.6. The van der Waals surface area contributed by atoms with Gasteiger partial charge in [-0.3, -0.25) is 10.1 Å². The predicted octanol–water partition coefficient (Wildman–Crippen LogP) is 2.72. The fourth-order valence-electron chi connectivity index (χ4n) is 1.06. The molecule has 0 aliphatic carbocycles.